The third-order valence-corrected chi connectivity index (χ3v) is 5.32. The van der Waals surface area contributed by atoms with Crippen LogP contribution >= 0.6 is 0 Å². The van der Waals surface area contributed by atoms with Crippen LogP contribution in [-0.2, 0) is 4.74 Å². The van der Waals surface area contributed by atoms with Crippen LogP contribution < -0.4 is 5.73 Å². The summed E-state index contributed by atoms with van der Waals surface area (Å²) in [6.07, 6.45) is 8.03. The normalized spacial score (nSPS) is 26.7. The monoisotopic (exact) mass is 291 g/mol. The van der Waals surface area contributed by atoms with E-state index in [-0.39, 0.29) is 17.5 Å². The molecule has 3 rings (SSSR count). The summed E-state index contributed by atoms with van der Waals surface area (Å²) < 4.78 is 20.3. The van der Waals surface area contributed by atoms with Crippen molar-refractivity contribution in [3.05, 3.63) is 35.1 Å². The molecule has 0 bridgehead atoms. The first-order valence-electron chi connectivity index (χ1n) is 8.25. The Morgan fingerprint density at radius 3 is 2.76 bits per heavy atom. The van der Waals surface area contributed by atoms with Crippen LogP contribution in [0.2, 0.25) is 0 Å². The minimum atomic E-state index is -0.215. The van der Waals surface area contributed by atoms with Gasteiger partial charge < -0.3 is 10.5 Å². The molecule has 2 fully saturated rings. The van der Waals surface area contributed by atoms with Crippen LogP contribution in [0.25, 0.3) is 0 Å². The molecule has 2 unspecified atom stereocenters. The van der Waals surface area contributed by atoms with Crippen molar-refractivity contribution in [3.63, 3.8) is 0 Å². The molecular formula is C18H26FNO. The molecule has 0 radical (unpaired) electrons. The minimum absolute atomic E-state index is 0.0277. The zero-order chi connectivity index (χ0) is 14.9. The summed E-state index contributed by atoms with van der Waals surface area (Å²) in [5.74, 6) is 0.167. The predicted octanol–water partition coefficient (Wildman–Crippen LogP) is 4.26. The van der Waals surface area contributed by atoms with E-state index in [0.717, 1.165) is 37.9 Å². The largest absolute Gasteiger partial charge is 0.375 e. The van der Waals surface area contributed by atoms with Gasteiger partial charge >= 0.3 is 0 Å². The average molecular weight is 291 g/mol. The number of hydrogen-bond acceptors (Lipinski definition) is 2. The third-order valence-electron chi connectivity index (χ3n) is 5.32. The number of ether oxygens (including phenoxy) is 1. The maximum absolute atomic E-state index is 14.2. The number of benzene rings is 1. The molecule has 2 nitrogen and oxygen atoms in total. The molecule has 1 aliphatic carbocycles. The second kappa shape index (κ2) is 6.05. The van der Waals surface area contributed by atoms with Gasteiger partial charge in [0.25, 0.3) is 0 Å². The first-order chi connectivity index (χ1) is 10.1. The fraction of sp³-hybridized carbons (Fsp3) is 0.667. The summed E-state index contributed by atoms with van der Waals surface area (Å²) in [5, 5.41) is 0. The topological polar surface area (TPSA) is 35.2 Å². The Morgan fingerprint density at radius 2 is 2.05 bits per heavy atom. The van der Waals surface area contributed by atoms with Crippen molar-refractivity contribution in [2.45, 2.75) is 63.5 Å². The summed E-state index contributed by atoms with van der Waals surface area (Å²) in [7, 11) is 0. The van der Waals surface area contributed by atoms with E-state index in [4.69, 9.17) is 10.5 Å². The highest BCUT2D eigenvalue weighted by molar-refractivity contribution is 5.26. The Morgan fingerprint density at radius 1 is 1.29 bits per heavy atom. The number of hydrogen-bond donors (Lipinski definition) is 1. The molecule has 3 heteroatoms. The van der Waals surface area contributed by atoms with Crippen LogP contribution in [0.3, 0.4) is 0 Å². The van der Waals surface area contributed by atoms with Gasteiger partial charge in [0.15, 0.2) is 0 Å². The minimum Gasteiger partial charge on any atom is -0.375 e. The lowest BCUT2D eigenvalue weighted by Gasteiger charge is -2.45. The summed E-state index contributed by atoms with van der Waals surface area (Å²) in [5.41, 5.74) is 8.05. The molecule has 21 heavy (non-hydrogen) atoms. The SMILES string of the molecule is Cc1ccc(C(N)C2CCOC3(CCCCC3)C2)c(F)c1. The van der Waals surface area contributed by atoms with Crippen LogP contribution in [0.1, 0.15) is 62.1 Å². The van der Waals surface area contributed by atoms with Gasteiger partial charge in [0.1, 0.15) is 5.82 Å². The van der Waals surface area contributed by atoms with E-state index in [1.54, 1.807) is 6.07 Å². The quantitative estimate of drug-likeness (QED) is 0.883. The van der Waals surface area contributed by atoms with Gasteiger partial charge in [-0.3, -0.25) is 0 Å². The highest BCUT2D eigenvalue weighted by Crippen LogP contribution is 2.43. The van der Waals surface area contributed by atoms with Crippen LogP contribution in [0, 0.1) is 18.7 Å². The lowest BCUT2D eigenvalue weighted by Crippen LogP contribution is -2.44. The maximum Gasteiger partial charge on any atom is 0.128 e. The van der Waals surface area contributed by atoms with Crippen molar-refractivity contribution >= 4 is 0 Å². The highest BCUT2D eigenvalue weighted by Gasteiger charge is 2.40. The molecule has 2 aliphatic rings. The molecule has 1 saturated heterocycles. The van der Waals surface area contributed by atoms with Crippen molar-refractivity contribution < 1.29 is 9.13 Å². The molecule has 2 N–H and O–H groups in total. The number of halogens is 1. The van der Waals surface area contributed by atoms with Crippen molar-refractivity contribution in [2.24, 2.45) is 11.7 Å². The number of nitrogens with two attached hydrogens (primary N) is 1. The molecular weight excluding hydrogens is 265 g/mol. The molecule has 0 aromatic heterocycles. The van der Waals surface area contributed by atoms with Gasteiger partial charge in [-0.05, 0) is 50.2 Å². The van der Waals surface area contributed by atoms with Crippen LogP contribution in [0.15, 0.2) is 18.2 Å². The first kappa shape index (κ1) is 15.0. The molecule has 1 aromatic carbocycles. The molecule has 2 atom stereocenters. The zero-order valence-corrected chi connectivity index (χ0v) is 12.9. The van der Waals surface area contributed by atoms with Gasteiger partial charge in [-0.25, -0.2) is 4.39 Å². The van der Waals surface area contributed by atoms with E-state index in [0.29, 0.717) is 11.5 Å². The molecule has 1 aliphatic heterocycles. The van der Waals surface area contributed by atoms with Crippen molar-refractivity contribution in [1.29, 1.82) is 0 Å². The van der Waals surface area contributed by atoms with Crippen LogP contribution in [0.5, 0.6) is 0 Å². The molecule has 116 valence electrons. The van der Waals surface area contributed by atoms with Crippen molar-refractivity contribution in [3.8, 4) is 0 Å². The van der Waals surface area contributed by atoms with Crippen molar-refractivity contribution in [1.82, 2.24) is 0 Å². The van der Waals surface area contributed by atoms with E-state index in [2.05, 4.69) is 0 Å². The summed E-state index contributed by atoms with van der Waals surface area (Å²) in [6, 6.07) is 5.19. The van der Waals surface area contributed by atoms with E-state index < -0.39 is 0 Å². The Kier molecular flexibility index (Phi) is 4.32. The van der Waals surface area contributed by atoms with Gasteiger partial charge in [-0.1, -0.05) is 31.4 Å². The molecule has 1 aromatic rings. The van der Waals surface area contributed by atoms with Gasteiger partial charge in [0, 0.05) is 18.2 Å². The Labute approximate surface area is 126 Å². The standard InChI is InChI=1S/C18H26FNO/c1-13-5-6-15(16(19)11-13)17(20)14-7-10-21-18(12-14)8-3-2-4-9-18/h5-6,11,14,17H,2-4,7-10,12,20H2,1H3. The van der Waals surface area contributed by atoms with Crippen LogP contribution in [-0.4, -0.2) is 12.2 Å². The maximum atomic E-state index is 14.2. The van der Waals surface area contributed by atoms with Gasteiger partial charge in [-0.15, -0.1) is 0 Å². The second-order valence-corrected chi connectivity index (χ2v) is 6.90. The van der Waals surface area contributed by atoms with Gasteiger partial charge in [0.2, 0.25) is 0 Å². The summed E-state index contributed by atoms with van der Waals surface area (Å²) in [6.45, 7) is 2.68. The fourth-order valence-corrected chi connectivity index (χ4v) is 4.07. The predicted molar refractivity (Wildman–Crippen MR) is 82.6 cm³/mol. The van der Waals surface area contributed by atoms with E-state index in [1.165, 1.54) is 19.3 Å². The first-order valence-corrected chi connectivity index (χ1v) is 8.25. The smallest absolute Gasteiger partial charge is 0.128 e. The Balaban J connectivity index is 1.76. The van der Waals surface area contributed by atoms with Gasteiger partial charge in [-0.2, -0.15) is 0 Å². The summed E-state index contributed by atoms with van der Waals surface area (Å²) >= 11 is 0. The fourth-order valence-electron chi connectivity index (χ4n) is 4.07. The third kappa shape index (κ3) is 3.14. The van der Waals surface area contributed by atoms with Crippen LogP contribution in [0.4, 0.5) is 4.39 Å². The lowest BCUT2D eigenvalue weighted by atomic mass is 9.73. The number of aryl methyl sites for hydroxylation is 1. The lowest BCUT2D eigenvalue weighted by molar-refractivity contribution is -0.120. The highest BCUT2D eigenvalue weighted by atomic mass is 19.1. The van der Waals surface area contributed by atoms with Gasteiger partial charge in [0.05, 0.1) is 5.60 Å². The number of rotatable bonds is 2. The van der Waals surface area contributed by atoms with E-state index >= 15 is 0 Å². The Bertz CT molecular complexity index is 490. The zero-order valence-electron chi connectivity index (χ0n) is 12.9. The average Bonchev–Trinajstić information content (AvgIpc) is 2.47. The molecule has 1 saturated carbocycles. The molecule has 1 heterocycles. The Hall–Kier alpha value is -0.930. The van der Waals surface area contributed by atoms with E-state index in [9.17, 15) is 4.39 Å². The van der Waals surface area contributed by atoms with Crippen molar-refractivity contribution in [2.75, 3.05) is 6.61 Å². The molecule has 0 amide bonds. The second-order valence-electron chi connectivity index (χ2n) is 6.90. The summed E-state index contributed by atoms with van der Waals surface area (Å²) in [4.78, 5) is 0. The molecule has 1 spiro atoms. The van der Waals surface area contributed by atoms with E-state index in [1.807, 2.05) is 19.1 Å².